The number of carbonyl (C=O) groups excluding carboxylic acids is 1. The van der Waals surface area contributed by atoms with E-state index in [-0.39, 0.29) is 11.7 Å². The summed E-state index contributed by atoms with van der Waals surface area (Å²) in [6.45, 7) is 6.51. The Balaban J connectivity index is 1.47. The molecule has 3 aromatic rings. The van der Waals surface area contributed by atoms with E-state index in [2.05, 4.69) is 20.4 Å². The maximum absolute atomic E-state index is 12.5. The van der Waals surface area contributed by atoms with E-state index in [9.17, 15) is 4.79 Å². The average Bonchev–Trinajstić information content (AvgIpc) is 3.45. The predicted molar refractivity (Wildman–Crippen MR) is 115 cm³/mol. The number of carbonyl (C=O) groups is 1. The highest BCUT2D eigenvalue weighted by atomic mass is 32.2. The largest absolute Gasteiger partial charge is 0.467 e. The number of aromatic nitrogens is 3. The van der Waals surface area contributed by atoms with E-state index in [0.717, 1.165) is 59.6 Å². The van der Waals surface area contributed by atoms with Gasteiger partial charge < -0.3 is 14.6 Å². The number of nitrogens with one attached hydrogen (secondary N) is 1. The van der Waals surface area contributed by atoms with Crippen molar-refractivity contribution in [2.24, 2.45) is 0 Å². The smallest absolute Gasteiger partial charge is 0.234 e. The van der Waals surface area contributed by atoms with Crippen LogP contribution in [0, 0.1) is 13.8 Å². The fourth-order valence-corrected chi connectivity index (χ4v) is 4.16. The molecule has 0 spiro atoms. The Labute approximate surface area is 174 Å². The molecule has 0 radical (unpaired) electrons. The molecule has 0 atom stereocenters. The second kappa shape index (κ2) is 8.73. The van der Waals surface area contributed by atoms with Gasteiger partial charge in [0.1, 0.15) is 5.76 Å². The Morgan fingerprint density at radius 3 is 2.79 bits per heavy atom. The quantitative estimate of drug-likeness (QED) is 0.595. The Morgan fingerprint density at radius 2 is 2.03 bits per heavy atom. The van der Waals surface area contributed by atoms with Crippen LogP contribution in [-0.2, 0) is 11.3 Å². The maximum atomic E-state index is 12.5. The Bertz CT molecular complexity index is 977. The summed E-state index contributed by atoms with van der Waals surface area (Å²) in [5, 5.41) is 12.5. The van der Waals surface area contributed by atoms with Gasteiger partial charge in [-0.15, -0.1) is 10.2 Å². The highest BCUT2D eigenvalue weighted by molar-refractivity contribution is 7.99. The third kappa shape index (κ3) is 4.64. The third-order valence-corrected chi connectivity index (χ3v) is 5.95. The van der Waals surface area contributed by atoms with Crippen LogP contribution >= 0.6 is 11.8 Å². The number of aryl methyl sites for hydroxylation is 2. The van der Waals surface area contributed by atoms with Crippen molar-refractivity contribution < 1.29 is 9.21 Å². The second-order valence-corrected chi connectivity index (χ2v) is 8.24. The van der Waals surface area contributed by atoms with Crippen molar-refractivity contribution in [2.75, 3.05) is 29.1 Å². The van der Waals surface area contributed by atoms with Gasteiger partial charge in [0.05, 0.1) is 18.6 Å². The summed E-state index contributed by atoms with van der Waals surface area (Å²) in [6.07, 6.45) is 3.99. The lowest BCUT2D eigenvalue weighted by molar-refractivity contribution is -0.113. The summed E-state index contributed by atoms with van der Waals surface area (Å²) in [4.78, 5) is 14.8. The zero-order valence-corrected chi connectivity index (χ0v) is 17.5. The molecule has 3 heterocycles. The molecule has 1 amide bonds. The zero-order chi connectivity index (χ0) is 20.2. The van der Waals surface area contributed by atoms with Crippen molar-refractivity contribution in [1.82, 2.24) is 14.8 Å². The minimum atomic E-state index is -0.0565. The summed E-state index contributed by atoms with van der Waals surface area (Å²) in [7, 11) is 0. The molecule has 1 aliphatic rings. The predicted octanol–water partition coefficient (Wildman–Crippen LogP) is 3.87. The Morgan fingerprint density at radius 1 is 1.21 bits per heavy atom. The van der Waals surface area contributed by atoms with Crippen LogP contribution in [0.3, 0.4) is 0 Å². The Hall–Kier alpha value is -2.74. The van der Waals surface area contributed by atoms with Gasteiger partial charge in [0.2, 0.25) is 11.9 Å². The van der Waals surface area contributed by atoms with Crippen LogP contribution in [0.5, 0.6) is 0 Å². The number of anilines is 2. The van der Waals surface area contributed by atoms with Crippen LogP contribution in [-0.4, -0.2) is 39.5 Å². The molecule has 1 aromatic carbocycles. The van der Waals surface area contributed by atoms with Crippen molar-refractivity contribution >= 4 is 29.3 Å². The average molecular weight is 412 g/mol. The lowest BCUT2D eigenvalue weighted by atomic mass is 10.1. The van der Waals surface area contributed by atoms with E-state index in [0.29, 0.717) is 6.54 Å². The molecule has 8 heteroatoms. The van der Waals surface area contributed by atoms with Gasteiger partial charge in [-0.05, 0) is 56.0 Å². The standard InChI is InChI=1S/C21H25N5O2S/c1-15-7-8-16(2)18(12-15)22-19(27)14-29-21-24-23-20(25-9-3-4-10-25)26(21)13-17-6-5-11-28-17/h5-8,11-12H,3-4,9-10,13-14H2,1-2H3,(H,22,27). The minimum absolute atomic E-state index is 0.0565. The summed E-state index contributed by atoms with van der Waals surface area (Å²) in [5.74, 6) is 1.89. The van der Waals surface area contributed by atoms with Gasteiger partial charge in [0, 0.05) is 18.8 Å². The summed E-state index contributed by atoms with van der Waals surface area (Å²) < 4.78 is 7.57. The van der Waals surface area contributed by atoms with Crippen molar-refractivity contribution in [1.29, 1.82) is 0 Å². The first-order chi connectivity index (χ1) is 14.1. The molecule has 0 aliphatic carbocycles. The van der Waals surface area contributed by atoms with E-state index in [4.69, 9.17) is 4.42 Å². The molecule has 4 rings (SSSR count). The molecule has 1 saturated heterocycles. The molecule has 29 heavy (non-hydrogen) atoms. The number of nitrogens with zero attached hydrogens (tertiary/aromatic N) is 4. The van der Waals surface area contributed by atoms with Crippen LogP contribution in [0.2, 0.25) is 0 Å². The molecular formula is C21H25N5O2S. The van der Waals surface area contributed by atoms with E-state index < -0.39 is 0 Å². The molecule has 0 bridgehead atoms. The molecule has 1 fully saturated rings. The molecule has 7 nitrogen and oxygen atoms in total. The summed E-state index contributed by atoms with van der Waals surface area (Å²) >= 11 is 1.39. The number of rotatable bonds is 7. The minimum Gasteiger partial charge on any atom is -0.467 e. The fourth-order valence-electron chi connectivity index (χ4n) is 3.42. The molecule has 1 N–H and O–H groups in total. The van der Waals surface area contributed by atoms with Crippen molar-refractivity contribution in [2.45, 2.75) is 38.4 Å². The molecule has 0 saturated carbocycles. The van der Waals surface area contributed by atoms with Gasteiger partial charge in [-0.1, -0.05) is 23.9 Å². The first kappa shape index (κ1) is 19.6. The van der Waals surface area contributed by atoms with Crippen LogP contribution < -0.4 is 10.2 Å². The van der Waals surface area contributed by atoms with Crippen LogP contribution in [0.25, 0.3) is 0 Å². The number of hydrogen-bond donors (Lipinski definition) is 1. The normalized spacial score (nSPS) is 13.8. The number of thioether (sulfide) groups is 1. The first-order valence-corrected chi connectivity index (χ1v) is 10.8. The fraction of sp³-hybridized carbons (Fsp3) is 0.381. The number of hydrogen-bond acceptors (Lipinski definition) is 6. The Kier molecular flexibility index (Phi) is 5.89. The van der Waals surface area contributed by atoms with E-state index in [1.54, 1.807) is 6.26 Å². The van der Waals surface area contributed by atoms with Crippen molar-refractivity contribution in [3.8, 4) is 0 Å². The highest BCUT2D eigenvalue weighted by Crippen LogP contribution is 2.26. The number of amides is 1. The van der Waals surface area contributed by atoms with Crippen LogP contribution in [0.1, 0.15) is 29.7 Å². The SMILES string of the molecule is Cc1ccc(C)c(NC(=O)CSc2nnc(N3CCCC3)n2Cc2ccco2)c1. The summed E-state index contributed by atoms with van der Waals surface area (Å²) in [6, 6.07) is 9.86. The van der Waals surface area contributed by atoms with Gasteiger partial charge >= 0.3 is 0 Å². The molecule has 0 unspecified atom stereocenters. The number of furan rings is 1. The van der Waals surface area contributed by atoms with E-state index in [1.165, 1.54) is 11.8 Å². The summed E-state index contributed by atoms with van der Waals surface area (Å²) in [5.41, 5.74) is 3.02. The van der Waals surface area contributed by atoms with Crippen LogP contribution in [0.4, 0.5) is 11.6 Å². The van der Waals surface area contributed by atoms with Gasteiger partial charge in [-0.2, -0.15) is 0 Å². The van der Waals surface area contributed by atoms with Crippen LogP contribution in [0.15, 0.2) is 46.2 Å². The number of benzene rings is 1. The lowest BCUT2D eigenvalue weighted by Gasteiger charge is -2.17. The lowest BCUT2D eigenvalue weighted by Crippen LogP contribution is -2.23. The maximum Gasteiger partial charge on any atom is 0.234 e. The van der Waals surface area contributed by atoms with Gasteiger partial charge in [-0.3, -0.25) is 9.36 Å². The molecule has 1 aliphatic heterocycles. The zero-order valence-electron chi connectivity index (χ0n) is 16.7. The topological polar surface area (TPSA) is 76.2 Å². The molecule has 2 aromatic heterocycles. The molecule has 152 valence electrons. The highest BCUT2D eigenvalue weighted by Gasteiger charge is 2.22. The van der Waals surface area contributed by atoms with Gasteiger partial charge in [-0.25, -0.2) is 0 Å². The monoisotopic (exact) mass is 411 g/mol. The second-order valence-electron chi connectivity index (χ2n) is 7.30. The molecular weight excluding hydrogens is 386 g/mol. The van der Waals surface area contributed by atoms with E-state index >= 15 is 0 Å². The third-order valence-electron chi connectivity index (χ3n) is 4.98. The van der Waals surface area contributed by atoms with Crippen molar-refractivity contribution in [3.63, 3.8) is 0 Å². The van der Waals surface area contributed by atoms with E-state index in [1.807, 2.05) is 48.7 Å². The van der Waals surface area contributed by atoms with Gasteiger partial charge in [0.25, 0.3) is 0 Å². The van der Waals surface area contributed by atoms with Crippen molar-refractivity contribution in [3.05, 3.63) is 53.5 Å². The van der Waals surface area contributed by atoms with Gasteiger partial charge in [0.15, 0.2) is 5.16 Å². The first-order valence-electron chi connectivity index (χ1n) is 9.80.